The van der Waals surface area contributed by atoms with Gasteiger partial charge < -0.3 is 0 Å². The second kappa shape index (κ2) is 5.23. The van der Waals surface area contributed by atoms with Gasteiger partial charge in [-0.15, -0.1) is 11.3 Å². The van der Waals surface area contributed by atoms with E-state index < -0.39 is 0 Å². The minimum Gasteiger partial charge on any atom is -0.265 e. The summed E-state index contributed by atoms with van der Waals surface area (Å²) >= 11 is 8.95. The molecule has 1 atom stereocenters. The first-order valence-corrected chi connectivity index (χ1v) is 7.06. The normalized spacial score (nSPS) is 12.7. The molecular formula is C11H9Br2NS. The number of thiophene rings is 1. The van der Waals surface area contributed by atoms with Gasteiger partial charge >= 0.3 is 0 Å². The molecule has 0 aromatic carbocycles. The lowest BCUT2D eigenvalue weighted by atomic mass is 10.1. The van der Waals surface area contributed by atoms with Gasteiger partial charge in [-0.3, -0.25) is 4.98 Å². The molecule has 1 unspecified atom stereocenters. The maximum atomic E-state index is 4.01. The molecule has 1 nitrogen and oxygen atoms in total. The van der Waals surface area contributed by atoms with Crippen LogP contribution in [0.2, 0.25) is 0 Å². The van der Waals surface area contributed by atoms with Gasteiger partial charge in [0.15, 0.2) is 0 Å². The second-order valence-corrected chi connectivity index (χ2v) is 6.77. The average Bonchev–Trinajstić information content (AvgIpc) is 2.66. The second-order valence-electron chi connectivity index (χ2n) is 3.17. The van der Waals surface area contributed by atoms with E-state index in [0.29, 0.717) is 4.83 Å². The van der Waals surface area contributed by atoms with E-state index in [-0.39, 0.29) is 0 Å². The SMILES string of the molecule is Brc1ccc(C(Br)Cc2ccncc2)s1. The van der Waals surface area contributed by atoms with Gasteiger partial charge in [0.2, 0.25) is 0 Å². The first-order valence-electron chi connectivity index (χ1n) is 4.54. The first-order chi connectivity index (χ1) is 7.25. The quantitative estimate of drug-likeness (QED) is 0.741. The predicted octanol–water partition coefficient (Wildman–Crippen LogP) is 4.58. The number of hydrogen-bond donors (Lipinski definition) is 0. The van der Waals surface area contributed by atoms with Gasteiger partial charge in [-0.2, -0.15) is 0 Å². The Morgan fingerprint density at radius 2 is 1.93 bits per heavy atom. The molecule has 4 heteroatoms. The van der Waals surface area contributed by atoms with Crippen molar-refractivity contribution in [2.75, 3.05) is 0 Å². The maximum Gasteiger partial charge on any atom is 0.0701 e. The third-order valence-corrected chi connectivity index (χ3v) is 4.92. The van der Waals surface area contributed by atoms with Gasteiger partial charge in [0.1, 0.15) is 0 Å². The average molecular weight is 347 g/mol. The topological polar surface area (TPSA) is 12.9 Å². The van der Waals surface area contributed by atoms with Crippen LogP contribution >= 0.6 is 43.2 Å². The van der Waals surface area contributed by atoms with Crippen molar-refractivity contribution in [2.45, 2.75) is 11.2 Å². The lowest BCUT2D eigenvalue weighted by molar-refractivity contribution is 0.964. The highest BCUT2D eigenvalue weighted by atomic mass is 79.9. The van der Waals surface area contributed by atoms with E-state index in [9.17, 15) is 0 Å². The standard InChI is InChI=1S/C11H9Br2NS/c12-9(10-1-2-11(13)15-10)7-8-3-5-14-6-4-8/h1-6,9H,7H2. The van der Waals surface area contributed by atoms with E-state index in [1.165, 1.54) is 14.2 Å². The van der Waals surface area contributed by atoms with Crippen molar-refractivity contribution in [2.24, 2.45) is 0 Å². The zero-order valence-corrected chi connectivity index (χ0v) is 11.8. The summed E-state index contributed by atoms with van der Waals surface area (Å²) in [6.45, 7) is 0. The summed E-state index contributed by atoms with van der Waals surface area (Å²) in [7, 11) is 0. The minimum absolute atomic E-state index is 0.385. The van der Waals surface area contributed by atoms with Crippen molar-refractivity contribution in [3.63, 3.8) is 0 Å². The summed E-state index contributed by atoms with van der Waals surface area (Å²) in [6.07, 6.45) is 4.66. The molecule has 0 aliphatic carbocycles. The Balaban J connectivity index is 2.07. The summed E-state index contributed by atoms with van der Waals surface area (Å²) in [5.41, 5.74) is 1.30. The number of pyridine rings is 1. The molecule has 0 N–H and O–H groups in total. The van der Waals surface area contributed by atoms with E-state index in [0.717, 1.165) is 6.42 Å². The van der Waals surface area contributed by atoms with Crippen LogP contribution in [0.5, 0.6) is 0 Å². The van der Waals surface area contributed by atoms with Gasteiger partial charge in [-0.25, -0.2) is 0 Å². The Morgan fingerprint density at radius 3 is 2.53 bits per heavy atom. The van der Waals surface area contributed by atoms with Crippen molar-refractivity contribution in [3.05, 3.63) is 50.9 Å². The first kappa shape index (κ1) is 11.3. The molecule has 15 heavy (non-hydrogen) atoms. The van der Waals surface area contributed by atoms with Crippen LogP contribution < -0.4 is 0 Å². The molecule has 0 spiro atoms. The van der Waals surface area contributed by atoms with Crippen LogP contribution in [-0.4, -0.2) is 4.98 Å². The third-order valence-electron chi connectivity index (χ3n) is 2.07. The molecule has 0 saturated carbocycles. The Labute approximate surface area is 110 Å². The molecule has 0 aliphatic heterocycles. The van der Waals surface area contributed by atoms with Crippen LogP contribution in [0.4, 0.5) is 0 Å². The summed E-state index contributed by atoms with van der Waals surface area (Å²) in [4.78, 5) is 5.74. The van der Waals surface area contributed by atoms with E-state index in [4.69, 9.17) is 0 Å². The molecular weight excluding hydrogens is 338 g/mol. The van der Waals surface area contributed by atoms with Crippen LogP contribution in [0.3, 0.4) is 0 Å². The number of rotatable bonds is 3. The van der Waals surface area contributed by atoms with Gasteiger partial charge in [0, 0.05) is 17.3 Å². The fourth-order valence-electron chi connectivity index (χ4n) is 1.32. The molecule has 2 rings (SSSR count). The molecule has 2 aromatic rings. The number of hydrogen-bond acceptors (Lipinski definition) is 2. The van der Waals surface area contributed by atoms with Crippen LogP contribution in [0.15, 0.2) is 40.4 Å². The number of halogens is 2. The molecule has 0 fully saturated rings. The number of aromatic nitrogens is 1. The van der Waals surface area contributed by atoms with Crippen molar-refractivity contribution in [1.29, 1.82) is 0 Å². The highest BCUT2D eigenvalue weighted by Crippen LogP contribution is 2.34. The van der Waals surface area contributed by atoms with Crippen LogP contribution in [-0.2, 0) is 6.42 Å². The van der Waals surface area contributed by atoms with Crippen LogP contribution in [0, 0.1) is 0 Å². The zero-order valence-electron chi connectivity index (χ0n) is 7.86. The lowest BCUT2D eigenvalue weighted by Crippen LogP contribution is -1.92. The van der Waals surface area contributed by atoms with E-state index in [1.54, 1.807) is 11.3 Å². The molecule has 0 amide bonds. The van der Waals surface area contributed by atoms with Crippen LogP contribution in [0.25, 0.3) is 0 Å². The van der Waals surface area contributed by atoms with E-state index in [2.05, 4.69) is 61.1 Å². The zero-order chi connectivity index (χ0) is 10.7. The van der Waals surface area contributed by atoms with Crippen LogP contribution in [0.1, 0.15) is 15.3 Å². The molecule has 2 heterocycles. The fraction of sp³-hybridized carbons (Fsp3) is 0.182. The van der Waals surface area contributed by atoms with Crippen molar-refractivity contribution >= 4 is 43.2 Å². The predicted molar refractivity (Wildman–Crippen MR) is 71.6 cm³/mol. The highest BCUT2D eigenvalue weighted by molar-refractivity contribution is 9.11. The van der Waals surface area contributed by atoms with E-state index in [1.807, 2.05) is 12.4 Å². The summed E-state index contributed by atoms with van der Waals surface area (Å²) < 4.78 is 1.18. The highest BCUT2D eigenvalue weighted by Gasteiger charge is 2.10. The molecule has 0 radical (unpaired) electrons. The Morgan fingerprint density at radius 1 is 1.20 bits per heavy atom. The van der Waals surface area contributed by atoms with Gasteiger partial charge in [-0.05, 0) is 52.2 Å². The molecule has 78 valence electrons. The summed E-state index contributed by atoms with van der Waals surface area (Å²) in [5.74, 6) is 0. The smallest absolute Gasteiger partial charge is 0.0701 e. The lowest BCUT2D eigenvalue weighted by Gasteiger charge is -2.06. The molecule has 0 saturated heterocycles. The Bertz CT molecular complexity index is 427. The van der Waals surface area contributed by atoms with Gasteiger partial charge in [-0.1, -0.05) is 15.9 Å². The van der Waals surface area contributed by atoms with Gasteiger partial charge in [0.25, 0.3) is 0 Å². The fourth-order valence-corrected chi connectivity index (χ4v) is 3.53. The monoisotopic (exact) mass is 345 g/mol. The summed E-state index contributed by atoms with van der Waals surface area (Å²) in [6, 6.07) is 8.34. The largest absolute Gasteiger partial charge is 0.265 e. The minimum atomic E-state index is 0.385. The molecule has 0 bridgehead atoms. The number of alkyl halides is 1. The van der Waals surface area contributed by atoms with E-state index >= 15 is 0 Å². The van der Waals surface area contributed by atoms with Crippen molar-refractivity contribution < 1.29 is 0 Å². The molecule has 2 aromatic heterocycles. The Hall–Kier alpha value is -0.190. The van der Waals surface area contributed by atoms with Crippen molar-refractivity contribution in [1.82, 2.24) is 4.98 Å². The summed E-state index contributed by atoms with van der Waals surface area (Å²) in [5, 5.41) is 0. The Kier molecular flexibility index (Phi) is 3.94. The molecule has 0 aliphatic rings. The maximum absolute atomic E-state index is 4.01. The van der Waals surface area contributed by atoms with Crippen molar-refractivity contribution in [3.8, 4) is 0 Å². The third kappa shape index (κ3) is 3.13. The number of nitrogens with zero attached hydrogens (tertiary/aromatic N) is 1. The van der Waals surface area contributed by atoms with Gasteiger partial charge in [0.05, 0.1) is 8.61 Å².